The molecule has 3 rings (SSSR count). The number of hydrogen-bond donors (Lipinski definition) is 1. The lowest BCUT2D eigenvalue weighted by Gasteiger charge is -2.19. The number of rotatable bonds is 2. The third-order valence-electron chi connectivity index (χ3n) is 3.69. The van der Waals surface area contributed by atoms with E-state index in [1.807, 2.05) is 12.1 Å². The van der Waals surface area contributed by atoms with Crippen LogP contribution in [-0.2, 0) is 0 Å². The lowest BCUT2D eigenvalue weighted by molar-refractivity contribution is -0.207. The van der Waals surface area contributed by atoms with E-state index in [9.17, 15) is 18.3 Å². The zero-order valence-corrected chi connectivity index (χ0v) is 12.2. The highest BCUT2D eigenvalue weighted by Gasteiger charge is 2.41. The Hall–Kier alpha value is -2.47. The van der Waals surface area contributed by atoms with Gasteiger partial charge in [0.25, 0.3) is 0 Å². The molecule has 1 atom stereocenters. The van der Waals surface area contributed by atoms with Crippen molar-refractivity contribution in [3.05, 3.63) is 60.2 Å². The standard InChI is InChI=1S/C17H13F3N2O/c1-10-4-7-22-15(16(23)17(18,19)20)14(10)12-3-2-11-5-6-21-9-13(11)8-12/h2-9,16,23H,1H3/t16-/m1/s1. The second kappa shape index (κ2) is 5.62. The third-order valence-corrected chi connectivity index (χ3v) is 3.69. The van der Waals surface area contributed by atoms with E-state index in [-0.39, 0.29) is 5.69 Å². The minimum atomic E-state index is -4.77. The van der Waals surface area contributed by atoms with Crippen molar-refractivity contribution in [1.29, 1.82) is 0 Å². The number of pyridine rings is 2. The molecule has 0 amide bonds. The molecule has 0 aliphatic carbocycles. The van der Waals surface area contributed by atoms with E-state index >= 15 is 0 Å². The monoisotopic (exact) mass is 318 g/mol. The van der Waals surface area contributed by atoms with Gasteiger partial charge in [0.1, 0.15) is 0 Å². The van der Waals surface area contributed by atoms with Crippen LogP contribution in [0.25, 0.3) is 21.9 Å². The molecule has 118 valence electrons. The van der Waals surface area contributed by atoms with Crippen LogP contribution in [0.15, 0.2) is 48.9 Å². The molecule has 0 saturated carbocycles. The maximum atomic E-state index is 12.9. The Labute approximate surface area is 130 Å². The predicted octanol–water partition coefficient (Wildman–Crippen LogP) is 4.20. The largest absolute Gasteiger partial charge is 0.420 e. The Morgan fingerprint density at radius 1 is 1.04 bits per heavy atom. The minimum absolute atomic E-state index is 0.295. The highest BCUT2D eigenvalue weighted by molar-refractivity contribution is 5.87. The zero-order chi connectivity index (χ0) is 16.6. The number of halogens is 3. The van der Waals surface area contributed by atoms with Crippen molar-refractivity contribution in [3.63, 3.8) is 0 Å². The van der Waals surface area contributed by atoms with Crippen LogP contribution >= 0.6 is 0 Å². The fourth-order valence-electron chi connectivity index (χ4n) is 2.56. The summed E-state index contributed by atoms with van der Waals surface area (Å²) >= 11 is 0. The van der Waals surface area contributed by atoms with Crippen molar-refractivity contribution in [2.24, 2.45) is 0 Å². The molecule has 1 aromatic carbocycles. The number of aliphatic hydroxyl groups excluding tert-OH is 1. The summed E-state index contributed by atoms with van der Waals surface area (Å²) in [6.45, 7) is 1.69. The normalized spacial score (nSPS) is 13.3. The molecule has 3 nitrogen and oxygen atoms in total. The average molecular weight is 318 g/mol. The molecule has 0 aliphatic heterocycles. The van der Waals surface area contributed by atoms with Gasteiger partial charge in [0.2, 0.25) is 0 Å². The highest BCUT2D eigenvalue weighted by Crippen LogP contribution is 2.38. The average Bonchev–Trinajstić information content (AvgIpc) is 2.52. The summed E-state index contributed by atoms with van der Waals surface area (Å²) in [6.07, 6.45) is -2.83. The van der Waals surface area contributed by atoms with E-state index in [0.29, 0.717) is 16.7 Å². The number of benzene rings is 1. The zero-order valence-electron chi connectivity index (χ0n) is 12.2. The van der Waals surface area contributed by atoms with Gasteiger partial charge in [-0.05, 0) is 41.6 Å². The molecule has 0 unspecified atom stereocenters. The Morgan fingerprint density at radius 3 is 2.57 bits per heavy atom. The van der Waals surface area contributed by atoms with Gasteiger partial charge in [0.15, 0.2) is 6.10 Å². The maximum absolute atomic E-state index is 12.9. The minimum Gasteiger partial charge on any atom is -0.378 e. The summed E-state index contributed by atoms with van der Waals surface area (Å²) in [7, 11) is 0. The third kappa shape index (κ3) is 2.90. The Morgan fingerprint density at radius 2 is 1.83 bits per heavy atom. The number of aromatic nitrogens is 2. The topological polar surface area (TPSA) is 46.0 Å². The van der Waals surface area contributed by atoms with Gasteiger partial charge in [-0.3, -0.25) is 9.97 Å². The van der Waals surface area contributed by atoms with E-state index in [0.717, 1.165) is 10.8 Å². The van der Waals surface area contributed by atoms with E-state index in [4.69, 9.17) is 0 Å². The summed E-state index contributed by atoms with van der Waals surface area (Å²) in [4.78, 5) is 7.80. The second-order valence-corrected chi connectivity index (χ2v) is 5.27. The van der Waals surface area contributed by atoms with Crippen LogP contribution in [0, 0.1) is 6.92 Å². The van der Waals surface area contributed by atoms with Gasteiger partial charge in [-0.1, -0.05) is 12.1 Å². The Bertz CT molecular complexity index is 862. The van der Waals surface area contributed by atoms with E-state index < -0.39 is 12.3 Å². The quantitative estimate of drug-likeness (QED) is 0.770. The molecular weight excluding hydrogens is 305 g/mol. The molecule has 23 heavy (non-hydrogen) atoms. The van der Waals surface area contributed by atoms with Crippen molar-refractivity contribution >= 4 is 10.8 Å². The number of aliphatic hydroxyl groups is 1. The van der Waals surface area contributed by atoms with Crippen LogP contribution in [0.2, 0.25) is 0 Å². The molecular formula is C17H13F3N2O. The predicted molar refractivity (Wildman–Crippen MR) is 80.7 cm³/mol. The van der Waals surface area contributed by atoms with Gasteiger partial charge < -0.3 is 5.11 Å². The summed E-state index contributed by atoms with van der Waals surface area (Å²) in [5, 5.41) is 11.4. The molecule has 2 aromatic heterocycles. The van der Waals surface area contributed by atoms with Gasteiger partial charge in [-0.25, -0.2) is 0 Å². The number of alkyl halides is 3. The molecule has 0 saturated heterocycles. The number of fused-ring (bicyclic) bond motifs is 1. The maximum Gasteiger partial charge on any atom is 0.420 e. The van der Waals surface area contributed by atoms with E-state index in [1.165, 1.54) is 6.20 Å². The van der Waals surface area contributed by atoms with Crippen LogP contribution in [0.1, 0.15) is 17.4 Å². The van der Waals surface area contributed by atoms with Gasteiger partial charge in [-0.15, -0.1) is 0 Å². The smallest absolute Gasteiger partial charge is 0.378 e. The van der Waals surface area contributed by atoms with Crippen LogP contribution in [-0.4, -0.2) is 21.3 Å². The van der Waals surface area contributed by atoms with Crippen LogP contribution in [0.3, 0.4) is 0 Å². The molecule has 0 radical (unpaired) electrons. The van der Waals surface area contributed by atoms with Crippen molar-refractivity contribution in [1.82, 2.24) is 9.97 Å². The molecule has 6 heteroatoms. The molecule has 2 heterocycles. The second-order valence-electron chi connectivity index (χ2n) is 5.27. The van der Waals surface area contributed by atoms with Gasteiger partial charge >= 0.3 is 6.18 Å². The SMILES string of the molecule is Cc1ccnc([C@@H](O)C(F)(F)F)c1-c1ccc2ccncc2c1. The Kier molecular flexibility index (Phi) is 3.77. The summed E-state index contributed by atoms with van der Waals surface area (Å²) in [5.41, 5.74) is 1.08. The van der Waals surface area contributed by atoms with Crippen molar-refractivity contribution in [3.8, 4) is 11.1 Å². The number of hydrogen-bond acceptors (Lipinski definition) is 3. The first-order valence-electron chi connectivity index (χ1n) is 6.92. The van der Waals surface area contributed by atoms with Crippen LogP contribution < -0.4 is 0 Å². The Balaban J connectivity index is 2.21. The van der Waals surface area contributed by atoms with Crippen LogP contribution in [0.5, 0.6) is 0 Å². The van der Waals surface area contributed by atoms with E-state index in [1.54, 1.807) is 37.5 Å². The molecule has 3 aromatic rings. The first-order chi connectivity index (χ1) is 10.9. The van der Waals surface area contributed by atoms with E-state index in [2.05, 4.69) is 9.97 Å². The first kappa shape index (κ1) is 15.4. The van der Waals surface area contributed by atoms with Crippen molar-refractivity contribution in [2.45, 2.75) is 19.2 Å². The first-order valence-corrected chi connectivity index (χ1v) is 6.92. The fraction of sp³-hybridized carbons (Fsp3) is 0.176. The fourth-order valence-corrected chi connectivity index (χ4v) is 2.56. The van der Waals surface area contributed by atoms with Gasteiger partial charge in [0.05, 0.1) is 5.69 Å². The number of aryl methyl sites for hydroxylation is 1. The van der Waals surface area contributed by atoms with Crippen molar-refractivity contribution in [2.75, 3.05) is 0 Å². The summed E-state index contributed by atoms with van der Waals surface area (Å²) in [6, 6.07) is 8.72. The molecule has 0 bridgehead atoms. The summed E-state index contributed by atoms with van der Waals surface area (Å²) in [5.74, 6) is 0. The summed E-state index contributed by atoms with van der Waals surface area (Å²) < 4.78 is 38.7. The molecule has 0 spiro atoms. The number of nitrogens with zero attached hydrogens (tertiary/aromatic N) is 2. The molecule has 1 N–H and O–H groups in total. The highest BCUT2D eigenvalue weighted by atomic mass is 19.4. The van der Waals surface area contributed by atoms with Gasteiger partial charge in [-0.2, -0.15) is 13.2 Å². The van der Waals surface area contributed by atoms with Crippen LogP contribution in [0.4, 0.5) is 13.2 Å². The lowest BCUT2D eigenvalue weighted by atomic mass is 9.95. The molecule has 0 aliphatic rings. The van der Waals surface area contributed by atoms with Gasteiger partial charge in [0, 0.05) is 29.5 Å². The lowest BCUT2D eigenvalue weighted by Crippen LogP contribution is -2.22. The van der Waals surface area contributed by atoms with Crippen molar-refractivity contribution < 1.29 is 18.3 Å². The molecule has 0 fully saturated rings.